The molecule has 0 bridgehead atoms. The predicted octanol–water partition coefficient (Wildman–Crippen LogP) is 2.73. The number of rotatable bonds is 4. The van der Waals surface area contributed by atoms with Crippen LogP contribution in [0.5, 0.6) is 57.5 Å². The van der Waals surface area contributed by atoms with E-state index < -0.39 is 64.7 Å². The summed E-state index contributed by atoms with van der Waals surface area (Å²) in [6, 6.07) is 11.5. The van der Waals surface area contributed by atoms with Crippen molar-refractivity contribution in [2.45, 2.75) is 36.6 Å². The fourth-order valence-electron chi connectivity index (χ4n) is 5.48. The zero-order chi connectivity index (χ0) is 30.8. The van der Waals surface area contributed by atoms with Crippen LogP contribution in [0, 0.1) is 0 Å². The Labute approximate surface area is 242 Å². The van der Waals surface area contributed by atoms with Crippen LogP contribution in [0.25, 0.3) is 0 Å². The lowest BCUT2D eigenvalue weighted by Crippen LogP contribution is -2.55. The lowest BCUT2D eigenvalue weighted by atomic mass is 9.87. The summed E-state index contributed by atoms with van der Waals surface area (Å²) in [4.78, 5) is 0. The lowest BCUT2D eigenvalue weighted by molar-refractivity contribution is -0.307. The van der Waals surface area contributed by atoms with Crippen molar-refractivity contribution in [2.24, 2.45) is 0 Å². The highest BCUT2D eigenvalue weighted by Crippen LogP contribution is 2.53. The van der Waals surface area contributed by atoms with Gasteiger partial charge in [0.1, 0.15) is 46.7 Å². The van der Waals surface area contributed by atoms with Crippen LogP contribution in [-0.2, 0) is 16.9 Å². The number of aliphatic hydroxyl groups excluding tert-OH is 2. The largest absolute Gasteiger partial charge is 0.508 e. The molecule has 4 aromatic rings. The van der Waals surface area contributed by atoms with E-state index in [1.807, 2.05) is 0 Å². The number of ether oxygens (including phenoxy) is 3. The number of aliphatic hydroxyl groups is 2. The van der Waals surface area contributed by atoms with Crippen molar-refractivity contribution in [3.63, 3.8) is 0 Å². The van der Waals surface area contributed by atoms with E-state index in [-0.39, 0.29) is 51.7 Å². The van der Waals surface area contributed by atoms with Crippen molar-refractivity contribution in [1.29, 1.82) is 0 Å². The maximum atomic E-state index is 11.6. The molecule has 0 spiro atoms. The van der Waals surface area contributed by atoms with E-state index in [1.165, 1.54) is 30.3 Å². The highest BCUT2D eigenvalue weighted by molar-refractivity contribution is 5.55. The van der Waals surface area contributed by atoms with E-state index in [4.69, 9.17) is 14.2 Å². The zero-order valence-corrected chi connectivity index (χ0v) is 22.0. The van der Waals surface area contributed by atoms with Gasteiger partial charge in [0.25, 0.3) is 5.79 Å². The van der Waals surface area contributed by atoms with Gasteiger partial charge in [-0.2, -0.15) is 0 Å². The second kappa shape index (κ2) is 9.94. The molecular formula is C30H26O13. The van der Waals surface area contributed by atoms with Crippen LogP contribution >= 0.6 is 0 Å². The first-order valence-electron chi connectivity index (χ1n) is 12.9. The topological polar surface area (TPSA) is 230 Å². The molecule has 0 radical (unpaired) electrons. The van der Waals surface area contributed by atoms with Gasteiger partial charge in [0.2, 0.25) is 0 Å². The summed E-state index contributed by atoms with van der Waals surface area (Å²) in [6.45, 7) is 0. The molecule has 0 unspecified atom stereocenters. The first-order chi connectivity index (χ1) is 20.4. The van der Waals surface area contributed by atoms with Crippen LogP contribution in [0.15, 0.2) is 60.7 Å². The van der Waals surface area contributed by atoms with Gasteiger partial charge in [0.05, 0.1) is 5.56 Å². The summed E-state index contributed by atoms with van der Waals surface area (Å²) in [5.41, 5.74) is 0.0630. The maximum absolute atomic E-state index is 11.6. The molecule has 6 rings (SSSR count). The fourth-order valence-corrected chi connectivity index (χ4v) is 5.48. The van der Waals surface area contributed by atoms with Crippen molar-refractivity contribution < 1.29 is 65.3 Å². The summed E-state index contributed by atoms with van der Waals surface area (Å²) in [6.07, 6.45) is -6.47. The minimum absolute atomic E-state index is 0.0663. The minimum atomic E-state index is -2.42. The van der Waals surface area contributed by atoms with E-state index in [0.29, 0.717) is 0 Å². The molecule has 13 heteroatoms. The lowest BCUT2D eigenvalue weighted by Gasteiger charge is -2.47. The Hall–Kier alpha value is -5.24. The van der Waals surface area contributed by atoms with E-state index in [2.05, 4.69) is 0 Å². The van der Waals surface area contributed by atoms with E-state index in [9.17, 15) is 51.1 Å². The Bertz CT molecular complexity index is 1740. The molecule has 224 valence electrons. The first-order valence-corrected chi connectivity index (χ1v) is 12.9. The molecular weight excluding hydrogens is 568 g/mol. The van der Waals surface area contributed by atoms with Crippen LogP contribution in [0.1, 0.15) is 34.5 Å². The predicted molar refractivity (Wildman–Crippen MR) is 144 cm³/mol. The molecule has 0 saturated heterocycles. The van der Waals surface area contributed by atoms with E-state index in [0.717, 1.165) is 30.3 Å². The van der Waals surface area contributed by atoms with Crippen LogP contribution in [0.4, 0.5) is 0 Å². The number of fused-ring (bicyclic) bond motifs is 2. The highest BCUT2D eigenvalue weighted by atomic mass is 16.7. The normalized spacial score (nSPS) is 24.3. The third-order valence-corrected chi connectivity index (χ3v) is 7.55. The number of phenols is 8. The SMILES string of the molecule is Oc1cc(O)c2c(c1)O[C@@H](c1ccc(O)c(O)c1)[C@H](O[C@]1(c3ccc(O)c(O)c3)Oc3cc(O)cc(O)c3[C@H](O)[C@@H]1O)C2. The van der Waals surface area contributed by atoms with Gasteiger partial charge < -0.3 is 65.3 Å². The van der Waals surface area contributed by atoms with Crippen molar-refractivity contribution in [2.75, 3.05) is 0 Å². The molecule has 13 nitrogen and oxygen atoms in total. The van der Waals surface area contributed by atoms with Gasteiger partial charge in [-0.05, 0) is 35.9 Å². The van der Waals surface area contributed by atoms with Crippen molar-refractivity contribution >= 4 is 0 Å². The Kier molecular flexibility index (Phi) is 6.45. The van der Waals surface area contributed by atoms with Gasteiger partial charge in [-0.3, -0.25) is 0 Å². The minimum Gasteiger partial charge on any atom is -0.508 e. The molecule has 0 saturated carbocycles. The van der Waals surface area contributed by atoms with Crippen molar-refractivity contribution in [3.8, 4) is 57.5 Å². The quantitative estimate of drug-likeness (QED) is 0.153. The van der Waals surface area contributed by atoms with Crippen LogP contribution in [0.3, 0.4) is 0 Å². The maximum Gasteiger partial charge on any atom is 0.267 e. The molecule has 2 heterocycles. The number of benzene rings is 4. The molecule has 10 N–H and O–H groups in total. The van der Waals surface area contributed by atoms with Crippen molar-refractivity contribution in [3.05, 3.63) is 82.9 Å². The average Bonchev–Trinajstić information content (AvgIpc) is 2.94. The number of hydrogen-bond donors (Lipinski definition) is 10. The smallest absolute Gasteiger partial charge is 0.267 e. The van der Waals surface area contributed by atoms with Gasteiger partial charge >= 0.3 is 0 Å². The molecule has 0 amide bonds. The average molecular weight is 595 g/mol. The molecule has 0 aliphatic carbocycles. The molecule has 0 aromatic heterocycles. The molecule has 4 aromatic carbocycles. The Morgan fingerprint density at radius 1 is 0.651 bits per heavy atom. The van der Waals surface area contributed by atoms with E-state index in [1.54, 1.807) is 0 Å². The highest BCUT2D eigenvalue weighted by Gasteiger charge is 2.56. The summed E-state index contributed by atoms with van der Waals surface area (Å²) in [7, 11) is 0. The fraction of sp³-hybridized carbons (Fsp3) is 0.200. The summed E-state index contributed by atoms with van der Waals surface area (Å²) in [5.74, 6) is -6.38. The van der Waals surface area contributed by atoms with Crippen LogP contribution < -0.4 is 9.47 Å². The van der Waals surface area contributed by atoms with Crippen LogP contribution in [0.2, 0.25) is 0 Å². The standard InChI is InChI=1S/C30H26O13/c31-14-7-19(35)16-11-25(28(41-23(16)9-14)12-1-3-17(33)20(36)5-12)43-30(13-2-4-18(34)21(37)6-13)29(40)27(39)26-22(38)8-15(32)10-24(26)42-30/h1-10,25,27-29,31-40H,11H2/t25-,27+,28+,29+,30+/m1/s1. The number of hydrogen-bond acceptors (Lipinski definition) is 13. The zero-order valence-electron chi connectivity index (χ0n) is 22.0. The summed E-state index contributed by atoms with van der Waals surface area (Å²) < 4.78 is 18.7. The van der Waals surface area contributed by atoms with Gasteiger partial charge in [-0.25, -0.2) is 0 Å². The van der Waals surface area contributed by atoms with E-state index >= 15 is 0 Å². The molecule has 2 aliphatic heterocycles. The van der Waals surface area contributed by atoms with Gasteiger partial charge in [-0.15, -0.1) is 0 Å². The second-order valence-corrected chi connectivity index (χ2v) is 10.3. The molecule has 43 heavy (non-hydrogen) atoms. The first kappa shape index (κ1) is 27.9. The Balaban J connectivity index is 1.54. The number of phenolic OH excluding ortho intramolecular Hbond substituents is 8. The third-order valence-electron chi connectivity index (χ3n) is 7.55. The van der Waals surface area contributed by atoms with Gasteiger partial charge in [-0.1, -0.05) is 6.07 Å². The summed E-state index contributed by atoms with van der Waals surface area (Å²) in [5, 5.41) is 104. The second-order valence-electron chi connectivity index (χ2n) is 10.3. The monoisotopic (exact) mass is 594 g/mol. The Morgan fingerprint density at radius 2 is 1.28 bits per heavy atom. The number of aromatic hydroxyl groups is 8. The van der Waals surface area contributed by atoms with Gasteiger partial charge in [0, 0.05) is 41.8 Å². The van der Waals surface area contributed by atoms with Crippen LogP contribution in [-0.4, -0.2) is 63.3 Å². The third kappa shape index (κ3) is 4.55. The van der Waals surface area contributed by atoms with Crippen molar-refractivity contribution in [1.82, 2.24) is 0 Å². The Morgan fingerprint density at radius 3 is 1.95 bits per heavy atom. The summed E-state index contributed by atoms with van der Waals surface area (Å²) >= 11 is 0. The molecule has 2 aliphatic rings. The molecule has 5 atom stereocenters. The molecule has 0 fully saturated rings. The van der Waals surface area contributed by atoms with Gasteiger partial charge in [0.15, 0.2) is 35.2 Å².